The van der Waals surface area contributed by atoms with Gasteiger partial charge in [0.15, 0.2) is 5.17 Å². The zero-order chi connectivity index (χ0) is 23.0. The topological polar surface area (TPSA) is 41.9 Å². The van der Waals surface area contributed by atoms with E-state index in [9.17, 15) is 4.79 Å². The van der Waals surface area contributed by atoms with Crippen LogP contribution in [0.1, 0.15) is 18.1 Å². The number of hydrogen-bond acceptors (Lipinski definition) is 5. The zero-order valence-electron chi connectivity index (χ0n) is 18.7. The van der Waals surface area contributed by atoms with Gasteiger partial charge in [0.25, 0.3) is 5.91 Å². The minimum atomic E-state index is -0.0347. The summed E-state index contributed by atoms with van der Waals surface area (Å²) in [5.41, 5.74) is 3.07. The lowest BCUT2D eigenvalue weighted by molar-refractivity contribution is -0.122. The summed E-state index contributed by atoms with van der Waals surface area (Å²) < 4.78 is 5.48. The van der Waals surface area contributed by atoms with Crippen LogP contribution in [0.15, 0.2) is 98.6 Å². The highest BCUT2D eigenvalue weighted by Gasteiger charge is 2.33. The number of para-hydroxylation sites is 1. The summed E-state index contributed by atoms with van der Waals surface area (Å²) in [4.78, 5) is 22.6. The van der Waals surface area contributed by atoms with Gasteiger partial charge in [0, 0.05) is 16.4 Å². The fourth-order valence-corrected chi connectivity index (χ4v) is 5.07. The Kier molecular flexibility index (Phi) is 8.05. The van der Waals surface area contributed by atoms with Gasteiger partial charge < -0.3 is 4.74 Å². The molecular weight excluding hydrogens is 448 g/mol. The van der Waals surface area contributed by atoms with E-state index >= 15 is 0 Å². The van der Waals surface area contributed by atoms with Crippen molar-refractivity contribution in [2.45, 2.75) is 23.6 Å². The van der Waals surface area contributed by atoms with E-state index in [1.54, 1.807) is 16.7 Å². The molecule has 0 aromatic heterocycles. The van der Waals surface area contributed by atoms with E-state index in [4.69, 9.17) is 9.73 Å². The molecule has 1 heterocycles. The van der Waals surface area contributed by atoms with Crippen LogP contribution in [0, 0.1) is 6.92 Å². The van der Waals surface area contributed by atoms with E-state index in [0.717, 1.165) is 16.1 Å². The highest BCUT2D eigenvalue weighted by molar-refractivity contribution is 8.18. The highest BCUT2D eigenvalue weighted by Crippen LogP contribution is 2.34. The van der Waals surface area contributed by atoms with Gasteiger partial charge in [-0.25, -0.2) is 4.99 Å². The number of amidine groups is 1. The molecule has 6 heteroatoms. The van der Waals surface area contributed by atoms with Crippen molar-refractivity contribution in [2.24, 2.45) is 4.99 Å². The van der Waals surface area contributed by atoms with Crippen molar-refractivity contribution in [3.05, 3.63) is 94.9 Å². The first-order chi connectivity index (χ1) is 16.1. The van der Waals surface area contributed by atoms with Crippen LogP contribution in [0.25, 0.3) is 6.08 Å². The van der Waals surface area contributed by atoms with Gasteiger partial charge in [0.05, 0.1) is 23.7 Å². The number of benzene rings is 3. The standard InChI is InChI=1S/C27H26N2O2S2/c1-3-31-18-17-29-26(30)25(33-27(29)28-22-7-5-4-6-8-22)19-21-11-15-24(16-12-21)32-23-13-9-20(2)10-14-23/h4-16,19H,3,17-18H2,1-2H3/b25-19-,28-27?. The molecule has 3 aromatic carbocycles. The van der Waals surface area contributed by atoms with Crippen molar-refractivity contribution >= 4 is 46.4 Å². The van der Waals surface area contributed by atoms with E-state index < -0.39 is 0 Å². The molecule has 1 aliphatic heterocycles. The fraction of sp³-hybridized carbons (Fsp3) is 0.185. The van der Waals surface area contributed by atoms with Gasteiger partial charge in [-0.05, 0) is 73.6 Å². The molecule has 1 saturated heterocycles. The van der Waals surface area contributed by atoms with E-state index in [2.05, 4.69) is 43.3 Å². The zero-order valence-corrected chi connectivity index (χ0v) is 20.4. The maximum Gasteiger partial charge on any atom is 0.266 e. The van der Waals surface area contributed by atoms with E-state index in [0.29, 0.717) is 29.8 Å². The molecule has 0 aliphatic carbocycles. The molecule has 4 rings (SSSR count). The number of amides is 1. The number of ether oxygens (including phenoxy) is 1. The number of carbonyl (C=O) groups is 1. The Bertz CT molecular complexity index is 1140. The molecule has 168 valence electrons. The van der Waals surface area contributed by atoms with Crippen LogP contribution in [0.3, 0.4) is 0 Å². The minimum Gasteiger partial charge on any atom is -0.380 e. The SMILES string of the molecule is CCOCCN1C(=O)/C(=C/c2ccc(Sc3ccc(C)cc3)cc2)SC1=Nc1ccccc1. The maximum absolute atomic E-state index is 13.1. The second-order valence-electron chi connectivity index (χ2n) is 7.48. The lowest BCUT2D eigenvalue weighted by Gasteiger charge is -2.15. The summed E-state index contributed by atoms with van der Waals surface area (Å²) in [6.45, 7) is 5.62. The lowest BCUT2D eigenvalue weighted by atomic mass is 10.2. The average molecular weight is 475 g/mol. The molecule has 0 saturated carbocycles. The summed E-state index contributed by atoms with van der Waals surface area (Å²) in [7, 11) is 0. The van der Waals surface area contributed by atoms with Gasteiger partial charge in [-0.1, -0.05) is 59.8 Å². The van der Waals surface area contributed by atoms with Crippen molar-refractivity contribution in [1.29, 1.82) is 0 Å². The molecule has 1 aliphatic rings. The number of aryl methyl sites for hydroxylation is 1. The number of hydrogen-bond donors (Lipinski definition) is 0. The number of carbonyl (C=O) groups excluding carboxylic acids is 1. The van der Waals surface area contributed by atoms with E-state index in [-0.39, 0.29) is 5.91 Å². The molecule has 0 spiro atoms. The second-order valence-corrected chi connectivity index (χ2v) is 9.63. The number of rotatable bonds is 8. The molecule has 1 fully saturated rings. The largest absolute Gasteiger partial charge is 0.380 e. The van der Waals surface area contributed by atoms with Crippen LogP contribution in [-0.4, -0.2) is 35.7 Å². The molecule has 0 bridgehead atoms. The Morgan fingerprint density at radius 3 is 2.30 bits per heavy atom. The second kappa shape index (κ2) is 11.4. The Balaban J connectivity index is 1.52. The lowest BCUT2D eigenvalue weighted by Crippen LogP contribution is -2.32. The highest BCUT2D eigenvalue weighted by atomic mass is 32.2. The monoisotopic (exact) mass is 474 g/mol. The first-order valence-electron chi connectivity index (χ1n) is 10.9. The molecule has 0 atom stereocenters. The third-order valence-electron chi connectivity index (χ3n) is 4.97. The first-order valence-corrected chi connectivity index (χ1v) is 12.5. The van der Waals surface area contributed by atoms with Crippen molar-refractivity contribution in [3.63, 3.8) is 0 Å². The molecule has 0 N–H and O–H groups in total. The molecule has 3 aromatic rings. The Morgan fingerprint density at radius 1 is 0.970 bits per heavy atom. The van der Waals surface area contributed by atoms with Crippen molar-refractivity contribution < 1.29 is 9.53 Å². The molecule has 4 nitrogen and oxygen atoms in total. The van der Waals surface area contributed by atoms with Gasteiger partial charge in [0.2, 0.25) is 0 Å². The summed E-state index contributed by atoms with van der Waals surface area (Å²) in [5, 5.41) is 0.684. The molecule has 0 radical (unpaired) electrons. The van der Waals surface area contributed by atoms with Crippen LogP contribution in [-0.2, 0) is 9.53 Å². The Hall–Kier alpha value is -2.80. The molecular formula is C27H26N2O2S2. The number of aliphatic imine (C=N–C) groups is 1. The minimum absolute atomic E-state index is 0.0347. The normalized spacial score (nSPS) is 16.2. The van der Waals surface area contributed by atoms with Crippen LogP contribution in [0.5, 0.6) is 0 Å². The van der Waals surface area contributed by atoms with Gasteiger partial charge >= 0.3 is 0 Å². The summed E-state index contributed by atoms with van der Waals surface area (Å²) in [5.74, 6) is -0.0347. The molecule has 0 unspecified atom stereocenters. The van der Waals surface area contributed by atoms with Crippen molar-refractivity contribution in [1.82, 2.24) is 4.90 Å². The van der Waals surface area contributed by atoms with E-state index in [1.165, 1.54) is 22.2 Å². The number of nitrogens with zero attached hydrogens (tertiary/aromatic N) is 2. The quantitative estimate of drug-likeness (QED) is 0.266. The smallest absolute Gasteiger partial charge is 0.266 e. The Morgan fingerprint density at radius 2 is 1.64 bits per heavy atom. The van der Waals surface area contributed by atoms with Gasteiger partial charge in [-0.2, -0.15) is 0 Å². The van der Waals surface area contributed by atoms with Crippen LogP contribution < -0.4 is 0 Å². The van der Waals surface area contributed by atoms with E-state index in [1.807, 2.05) is 55.5 Å². The summed E-state index contributed by atoms with van der Waals surface area (Å²) in [6.07, 6.45) is 1.94. The van der Waals surface area contributed by atoms with Crippen LogP contribution >= 0.6 is 23.5 Å². The summed E-state index contributed by atoms with van der Waals surface area (Å²) >= 11 is 3.14. The Labute approximate surface area is 203 Å². The van der Waals surface area contributed by atoms with Gasteiger partial charge in [-0.15, -0.1) is 0 Å². The average Bonchev–Trinajstić information content (AvgIpc) is 3.11. The van der Waals surface area contributed by atoms with Crippen LogP contribution in [0.2, 0.25) is 0 Å². The van der Waals surface area contributed by atoms with Crippen LogP contribution in [0.4, 0.5) is 5.69 Å². The summed E-state index contributed by atoms with van der Waals surface area (Å²) in [6, 6.07) is 26.5. The van der Waals surface area contributed by atoms with Gasteiger partial charge in [-0.3, -0.25) is 9.69 Å². The first kappa shape index (κ1) is 23.4. The maximum atomic E-state index is 13.1. The van der Waals surface area contributed by atoms with Crippen molar-refractivity contribution in [3.8, 4) is 0 Å². The van der Waals surface area contributed by atoms with Crippen molar-refractivity contribution in [2.75, 3.05) is 19.8 Å². The predicted octanol–water partition coefficient (Wildman–Crippen LogP) is 6.79. The van der Waals surface area contributed by atoms with Gasteiger partial charge in [0.1, 0.15) is 0 Å². The third kappa shape index (κ3) is 6.38. The fourth-order valence-electron chi connectivity index (χ4n) is 3.23. The predicted molar refractivity (Wildman–Crippen MR) is 139 cm³/mol. The molecule has 33 heavy (non-hydrogen) atoms. The molecule has 1 amide bonds. The third-order valence-corrected chi connectivity index (χ3v) is 6.99. The number of thioether (sulfide) groups is 1.